The first kappa shape index (κ1) is 17.6. The van der Waals surface area contributed by atoms with Crippen LogP contribution in [0, 0.1) is 6.92 Å². The number of aromatic nitrogens is 4. The summed E-state index contributed by atoms with van der Waals surface area (Å²) in [4.78, 5) is 27.3. The molecular formula is C18H20N6O2S. The second kappa shape index (κ2) is 7.83. The monoisotopic (exact) mass is 384 g/mol. The van der Waals surface area contributed by atoms with Crippen LogP contribution in [0.4, 0.5) is 4.79 Å². The van der Waals surface area contributed by atoms with Crippen molar-refractivity contribution in [1.82, 2.24) is 30.3 Å². The minimum absolute atomic E-state index is 0.0453. The normalized spacial score (nSPS) is 17.1. The number of thiazole rings is 1. The lowest BCUT2D eigenvalue weighted by molar-refractivity contribution is 0.171. The smallest absolute Gasteiger partial charge is 0.317 e. The number of hydrogen-bond donors (Lipinski definition) is 1. The molecule has 1 atom stereocenters. The topological polar surface area (TPSA) is 97.0 Å². The molecule has 4 rings (SSSR count). The molecule has 140 valence electrons. The lowest BCUT2D eigenvalue weighted by Gasteiger charge is -2.30. The molecular weight excluding hydrogens is 364 g/mol. The Balaban J connectivity index is 1.38. The Hall–Kier alpha value is -2.81. The molecule has 9 heteroatoms. The minimum atomic E-state index is -0.0858. The number of nitrogens with one attached hydrogen (secondary N) is 1. The van der Waals surface area contributed by atoms with E-state index in [0.717, 1.165) is 35.7 Å². The highest BCUT2D eigenvalue weighted by atomic mass is 32.1. The molecule has 0 unspecified atom stereocenters. The highest BCUT2D eigenvalue weighted by Gasteiger charge is 2.28. The first-order valence-electron chi connectivity index (χ1n) is 8.87. The van der Waals surface area contributed by atoms with E-state index in [2.05, 4.69) is 25.4 Å². The van der Waals surface area contributed by atoms with E-state index < -0.39 is 0 Å². The van der Waals surface area contributed by atoms with Gasteiger partial charge in [0.1, 0.15) is 0 Å². The van der Waals surface area contributed by atoms with Crippen LogP contribution in [0.1, 0.15) is 35.4 Å². The summed E-state index contributed by atoms with van der Waals surface area (Å²) in [6.07, 6.45) is 5.23. The van der Waals surface area contributed by atoms with Crippen molar-refractivity contribution in [2.45, 2.75) is 32.2 Å². The summed E-state index contributed by atoms with van der Waals surface area (Å²) >= 11 is 1.58. The molecule has 3 aromatic heterocycles. The van der Waals surface area contributed by atoms with Crippen molar-refractivity contribution in [2.24, 2.45) is 0 Å². The Bertz CT molecular complexity index is 909. The van der Waals surface area contributed by atoms with Crippen LogP contribution >= 0.6 is 11.3 Å². The number of carbonyl (C=O) groups excluding carboxylic acids is 1. The number of aryl methyl sites for hydroxylation is 1. The molecule has 0 spiro atoms. The number of carbonyl (C=O) groups is 1. The van der Waals surface area contributed by atoms with Gasteiger partial charge in [-0.2, -0.15) is 4.98 Å². The van der Waals surface area contributed by atoms with Crippen LogP contribution in [-0.4, -0.2) is 44.1 Å². The second-order valence-corrected chi connectivity index (χ2v) is 7.56. The molecule has 0 radical (unpaired) electrons. The van der Waals surface area contributed by atoms with Crippen molar-refractivity contribution < 1.29 is 9.32 Å². The van der Waals surface area contributed by atoms with Crippen molar-refractivity contribution >= 4 is 17.4 Å². The number of nitrogens with zero attached hydrogens (tertiary/aromatic N) is 5. The first-order valence-corrected chi connectivity index (χ1v) is 9.75. The van der Waals surface area contributed by atoms with E-state index in [-0.39, 0.29) is 11.9 Å². The van der Waals surface area contributed by atoms with Crippen LogP contribution in [0.15, 0.2) is 34.4 Å². The molecule has 1 fully saturated rings. The lowest BCUT2D eigenvalue weighted by atomic mass is 9.98. The summed E-state index contributed by atoms with van der Waals surface area (Å²) in [5, 5.41) is 9.96. The largest absolute Gasteiger partial charge is 0.339 e. The highest BCUT2D eigenvalue weighted by Crippen LogP contribution is 2.27. The molecule has 0 aliphatic carbocycles. The predicted molar refractivity (Wildman–Crippen MR) is 100 cm³/mol. The zero-order chi connectivity index (χ0) is 18.6. The van der Waals surface area contributed by atoms with Gasteiger partial charge in [-0.15, -0.1) is 11.3 Å². The van der Waals surface area contributed by atoms with Crippen molar-refractivity contribution in [3.8, 4) is 11.4 Å². The number of piperidine rings is 1. The van der Waals surface area contributed by atoms with Gasteiger partial charge in [-0.3, -0.25) is 4.98 Å². The van der Waals surface area contributed by atoms with Crippen LogP contribution in [0.5, 0.6) is 0 Å². The van der Waals surface area contributed by atoms with E-state index >= 15 is 0 Å². The Morgan fingerprint density at radius 2 is 2.37 bits per heavy atom. The van der Waals surface area contributed by atoms with E-state index in [9.17, 15) is 4.79 Å². The third-order valence-electron chi connectivity index (χ3n) is 4.51. The van der Waals surface area contributed by atoms with Crippen LogP contribution < -0.4 is 5.32 Å². The van der Waals surface area contributed by atoms with Gasteiger partial charge >= 0.3 is 6.03 Å². The quantitative estimate of drug-likeness (QED) is 0.743. The molecule has 4 heterocycles. The van der Waals surface area contributed by atoms with E-state index in [1.54, 1.807) is 28.6 Å². The fourth-order valence-electron chi connectivity index (χ4n) is 3.14. The fraction of sp³-hybridized carbons (Fsp3) is 0.389. The van der Waals surface area contributed by atoms with Crippen LogP contribution in [-0.2, 0) is 6.54 Å². The predicted octanol–water partition coefficient (Wildman–Crippen LogP) is 2.99. The fourth-order valence-corrected chi connectivity index (χ4v) is 3.76. The lowest BCUT2D eigenvalue weighted by Crippen LogP contribution is -2.44. The van der Waals surface area contributed by atoms with Gasteiger partial charge in [0, 0.05) is 36.4 Å². The van der Waals surface area contributed by atoms with Crippen LogP contribution in [0.2, 0.25) is 0 Å². The summed E-state index contributed by atoms with van der Waals surface area (Å²) in [5.41, 5.74) is 1.70. The van der Waals surface area contributed by atoms with Gasteiger partial charge in [0.15, 0.2) is 0 Å². The Morgan fingerprint density at radius 3 is 3.15 bits per heavy atom. The van der Waals surface area contributed by atoms with Crippen molar-refractivity contribution in [1.29, 1.82) is 0 Å². The number of pyridine rings is 1. The molecule has 8 nitrogen and oxygen atoms in total. The summed E-state index contributed by atoms with van der Waals surface area (Å²) in [7, 11) is 0. The maximum Gasteiger partial charge on any atom is 0.317 e. The minimum Gasteiger partial charge on any atom is -0.339 e. The van der Waals surface area contributed by atoms with Gasteiger partial charge in [0.05, 0.1) is 23.2 Å². The molecule has 1 aliphatic rings. The zero-order valence-electron chi connectivity index (χ0n) is 15.0. The summed E-state index contributed by atoms with van der Waals surface area (Å²) in [5.74, 6) is 1.14. The molecule has 1 aliphatic heterocycles. The Kier molecular flexibility index (Phi) is 5.10. The molecule has 1 N–H and O–H groups in total. The summed E-state index contributed by atoms with van der Waals surface area (Å²) in [6, 6.07) is 3.64. The van der Waals surface area contributed by atoms with Gasteiger partial charge in [-0.1, -0.05) is 5.16 Å². The Labute approximate surface area is 160 Å². The maximum atomic E-state index is 12.5. The average molecular weight is 384 g/mol. The van der Waals surface area contributed by atoms with Gasteiger partial charge in [0.2, 0.25) is 11.7 Å². The van der Waals surface area contributed by atoms with E-state index in [1.807, 2.05) is 24.4 Å². The highest BCUT2D eigenvalue weighted by molar-refractivity contribution is 7.09. The molecule has 1 saturated heterocycles. The summed E-state index contributed by atoms with van der Waals surface area (Å²) < 4.78 is 5.46. The molecule has 0 bridgehead atoms. The van der Waals surface area contributed by atoms with Gasteiger partial charge in [0.25, 0.3) is 0 Å². The third-order valence-corrected chi connectivity index (χ3v) is 5.33. The van der Waals surface area contributed by atoms with E-state index in [0.29, 0.717) is 24.8 Å². The number of hydrogen-bond acceptors (Lipinski definition) is 7. The number of likely N-dealkylation sites (tertiary alicyclic amines) is 1. The molecule has 3 aromatic rings. The number of rotatable bonds is 4. The first-order chi connectivity index (χ1) is 13.2. The zero-order valence-corrected chi connectivity index (χ0v) is 15.8. The second-order valence-electron chi connectivity index (χ2n) is 6.50. The molecule has 2 amide bonds. The van der Waals surface area contributed by atoms with Crippen molar-refractivity contribution in [3.63, 3.8) is 0 Å². The van der Waals surface area contributed by atoms with Gasteiger partial charge < -0.3 is 14.7 Å². The number of amides is 2. The Morgan fingerprint density at radius 1 is 1.44 bits per heavy atom. The summed E-state index contributed by atoms with van der Waals surface area (Å²) in [6.45, 7) is 3.68. The molecule has 27 heavy (non-hydrogen) atoms. The van der Waals surface area contributed by atoms with Crippen molar-refractivity contribution in [3.05, 3.63) is 46.5 Å². The van der Waals surface area contributed by atoms with Crippen molar-refractivity contribution in [2.75, 3.05) is 13.1 Å². The molecule has 0 saturated carbocycles. The van der Waals surface area contributed by atoms with E-state index in [1.165, 1.54) is 0 Å². The SMILES string of the molecule is Cc1nc(CNC(=O)N2CCC[C@@H](c3nc(-c4cccnc4)no3)C2)cs1. The van der Waals surface area contributed by atoms with Crippen LogP contribution in [0.3, 0.4) is 0 Å². The standard InChI is InChI=1S/C18H20N6O2S/c1-12-21-15(11-27-12)9-20-18(25)24-7-3-5-14(10-24)17-22-16(23-26-17)13-4-2-6-19-8-13/h2,4,6,8,11,14H,3,5,7,9-10H2,1H3,(H,20,25)/t14-/m1/s1. The maximum absolute atomic E-state index is 12.5. The van der Waals surface area contributed by atoms with E-state index in [4.69, 9.17) is 4.52 Å². The van der Waals surface area contributed by atoms with Crippen LogP contribution in [0.25, 0.3) is 11.4 Å². The number of urea groups is 1. The van der Waals surface area contributed by atoms with Gasteiger partial charge in [-0.05, 0) is 31.9 Å². The average Bonchev–Trinajstić information content (AvgIpc) is 3.36. The van der Waals surface area contributed by atoms with Gasteiger partial charge in [-0.25, -0.2) is 9.78 Å². The molecule has 0 aromatic carbocycles. The third kappa shape index (κ3) is 4.13.